The molecular weight excluding hydrogens is 242 g/mol. The van der Waals surface area contributed by atoms with Crippen molar-refractivity contribution < 1.29 is 4.79 Å². The first-order valence-corrected chi connectivity index (χ1v) is 5.49. The van der Waals surface area contributed by atoms with Crippen molar-refractivity contribution in [2.75, 3.05) is 0 Å². The molecule has 0 heterocycles. The van der Waals surface area contributed by atoms with Crippen LogP contribution >= 0.6 is 15.9 Å². The number of carbonyl (C=O) groups excluding carboxylic acids is 1. The average Bonchev–Trinajstić information content (AvgIpc) is 2.18. The summed E-state index contributed by atoms with van der Waals surface area (Å²) in [5.74, 6) is -0.00755. The molecule has 14 heavy (non-hydrogen) atoms. The third-order valence-electron chi connectivity index (χ3n) is 2.10. The van der Waals surface area contributed by atoms with Crippen molar-refractivity contribution in [2.24, 2.45) is 0 Å². The van der Waals surface area contributed by atoms with Gasteiger partial charge in [0.2, 0.25) is 0 Å². The monoisotopic (exact) mass is 255 g/mol. The fourth-order valence-corrected chi connectivity index (χ4v) is 1.27. The van der Waals surface area contributed by atoms with Gasteiger partial charge in [0.15, 0.2) is 0 Å². The maximum atomic E-state index is 11.6. The van der Waals surface area contributed by atoms with Crippen LogP contribution in [0.25, 0.3) is 0 Å². The van der Waals surface area contributed by atoms with E-state index >= 15 is 0 Å². The summed E-state index contributed by atoms with van der Waals surface area (Å²) >= 11 is 3.33. The second-order valence-corrected chi connectivity index (χ2v) is 4.21. The second kappa shape index (κ2) is 5.15. The molecular formula is C11H14BrNO. The van der Waals surface area contributed by atoms with E-state index < -0.39 is 0 Å². The highest BCUT2D eigenvalue weighted by molar-refractivity contribution is 9.10. The van der Waals surface area contributed by atoms with Gasteiger partial charge in [0, 0.05) is 16.1 Å². The van der Waals surface area contributed by atoms with Gasteiger partial charge in [-0.25, -0.2) is 0 Å². The van der Waals surface area contributed by atoms with Gasteiger partial charge in [0.1, 0.15) is 0 Å². The molecule has 0 spiro atoms. The zero-order valence-electron chi connectivity index (χ0n) is 8.38. The number of carbonyl (C=O) groups is 1. The Labute approximate surface area is 92.8 Å². The molecule has 0 aromatic heterocycles. The first kappa shape index (κ1) is 11.2. The van der Waals surface area contributed by atoms with Gasteiger partial charge in [-0.2, -0.15) is 0 Å². The Hall–Kier alpha value is -0.830. The fraction of sp³-hybridized carbons (Fsp3) is 0.364. The third-order valence-corrected chi connectivity index (χ3v) is 2.62. The number of halogens is 1. The SMILES string of the molecule is CC[C@H](C)NC(=O)c1ccc(Br)cc1. The molecule has 0 saturated carbocycles. The van der Waals surface area contributed by atoms with Crippen LogP contribution in [-0.4, -0.2) is 11.9 Å². The lowest BCUT2D eigenvalue weighted by Crippen LogP contribution is -2.31. The summed E-state index contributed by atoms with van der Waals surface area (Å²) in [4.78, 5) is 11.6. The van der Waals surface area contributed by atoms with Gasteiger partial charge < -0.3 is 5.32 Å². The van der Waals surface area contributed by atoms with E-state index in [2.05, 4.69) is 21.2 Å². The summed E-state index contributed by atoms with van der Waals surface area (Å²) in [6, 6.07) is 7.58. The lowest BCUT2D eigenvalue weighted by Gasteiger charge is -2.10. The molecule has 0 saturated heterocycles. The molecule has 2 nitrogen and oxygen atoms in total. The molecule has 1 aromatic rings. The summed E-state index contributed by atoms with van der Waals surface area (Å²) in [7, 11) is 0. The Balaban J connectivity index is 2.65. The Morgan fingerprint density at radius 1 is 1.43 bits per heavy atom. The van der Waals surface area contributed by atoms with E-state index in [1.807, 2.05) is 38.1 Å². The van der Waals surface area contributed by atoms with Crippen LogP contribution in [0.2, 0.25) is 0 Å². The zero-order valence-corrected chi connectivity index (χ0v) is 9.97. The Bertz CT molecular complexity index is 308. The maximum Gasteiger partial charge on any atom is 0.251 e. The Morgan fingerprint density at radius 2 is 2.00 bits per heavy atom. The molecule has 0 unspecified atom stereocenters. The van der Waals surface area contributed by atoms with Crippen molar-refractivity contribution >= 4 is 21.8 Å². The largest absolute Gasteiger partial charge is 0.350 e. The van der Waals surface area contributed by atoms with Crippen molar-refractivity contribution in [3.63, 3.8) is 0 Å². The minimum absolute atomic E-state index is 0.00755. The second-order valence-electron chi connectivity index (χ2n) is 3.29. The van der Waals surface area contributed by atoms with E-state index in [-0.39, 0.29) is 11.9 Å². The van der Waals surface area contributed by atoms with E-state index in [0.29, 0.717) is 5.56 Å². The highest BCUT2D eigenvalue weighted by Crippen LogP contribution is 2.10. The Morgan fingerprint density at radius 3 is 2.50 bits per heavy atom. The first-order valence-electron chi connectivity index (χ1n) is 4.70. The van der Waals surface area contributed by atoms with Crippen LogP contribution in [-0.2, 0) is 0 Å². The quantitative estimate of drug-likeness (QED) is 0.885. The zero-order chi connectivity index (χ0) is 10.6. The molecule has 76 valence electrons. The fourth-order valence-electron chi connectivity index (χ4n) is 1.01. The molecule has 0 bridgehead atoms. The molecule has 0 aliphatic heterocycles. The minimum Gasteiger partial charge on any atom is -0.350 e. The number of nitrogens with one attached hydrogen (secondary N) is 1. The van der Waals surface area contributed by atoms with Crippen LogP contribution in [0.3, 0.4) is 0 Å². The molecule has 0 radical (unpaired) electrons. The number of rotatable bonds is 3. The molecule has 0 fully saturated rings. The van der Waals surface area contributed by atoms with E-state index in [0.717, 1.165) is 10.9 Å². The lowest BCUT2D eigenvalue weighted by atomic mass is 10.2. The van der Waals surface area contributed by atoms with Gasteiger partial charge in [-0.3, -0.25) is 4.79 Å². The predicted octanol–water partition coefficient (Wildman–Crippen LogP) is 2.98. The van der Waals surface area contributed by atoms with Crippen LogP contribution in [0.5, 0.6) is 0 Å². The smallest absolute Gasteiger partial charge is 0.251 e. The summed E-state index contributed by atoms with van der Waals surface area (Å²) in [5, 5.41) is 2.91. The van der Waals surface area contributed by atoms with E-state index in [1.54, 1.807) is 0 Å². The summed E-state index contributed by atoms with van der Waals surface area (Å²) < 4.78 is 0.984. The molecule has 0 aliphatic rings. The normalized spacial score (nSPS) is 12.2. The molecule has 1 atom stereocenters. The highest BCUT2D eigenvalue weighted by Gasteiger charge is 2.07. The standard InChI is InChI=1S/C11H14BrNO/c1-3-8(2)13-11(14)9-4-6-10(12)7-5-9/h4-8H,3H2,1-2H3,(H,13,14)/t8-/m0/s1. The van der Waals surface area contributed by atoms with Crippen molar-refractivity contribution in [1.29, 1.82) is 0 Å². The molecule has 1 N–H and O–H groups in total. The molecule has 1 rings (SSSR count). The van der Waals surface area contributed by atoms with Crippen molar-refractivity contribution in [1.82, 2.24) is 5.32 Å². The van der Waals surface area contributed by atoms with Gasteiger partial charge in [0.05, 0.1) is 0 Å². The van der Waals surface area contributed by atoms with Gasteiger partial charge in [-0.05, 0) is 37.6 Å². The number of benzene rings is 1. The van der Waals surface area contributed by atoms with Gasteiger partial charge >= 0.3 is 0 Å². The van der Waals surface area contributed by atoms with Crippen LogP contribution in [0.15, 0.2) is 28.7 Å². The highest BCUT2D eigenvalue weighted by atomic mass is 79.9. The van der Waals surface area contributed by atoms with Crippen LogP contribution in [0, 0.1) is 0 Å². The lowest BCUT2D eigenvalue weighted by molar-refractivity contribution is 0.0939. The van der Waals surface area contributed by atoms with Gasteiger partial charge in [-0.15, -0.1) is 0 Å². The molecule has 3 heteroatoms. The van der Waals surface area contributed by atoms with Crippen molar-refractivity contribution in [3.8, 4) is 0 Å². The van der Waals surface area contributed by atoms with Crippen LogP contribution < -0.4 is 5.32 Å². The molecule has 1 aromatic carbocycles. The Kier molecular flexibility index (Phi) is 4.14. The number of hydrogen-bond donors (Lipinski definition) is 1. The first-order chi connectivity index (χ1) is 6.63. The van der Waals surface area contributed by atoms with Crippen molar-refractivity contribution in [3.05, 3.63) is 34.3 Å². The van der Waals surface area contributed by atoms with Gasteiger partial charge in [0.25, 0.3) is 5.91 Å². The third kappa shape index (κ3) is 3.14. The molecule has 0 aliphatic carbocycles. The summed E-state index contributed by atoms with van der Waals surface area (Å²) in [5.41, 5.74) is 0.702. The minimum atomic E-state index is -0.00755. The van der Waals surface area contributed by atoms with E-state index in [1.165, 1.54) is 0 Å². The van der Waals surface area contributed by atoms with E-state index in [9.17, 15) is 4.79 Å². The van der Waals surface area contributed by atoms with Crippen LogP contribution in [0.1, 0.15) is 30.6 Å². The predicted molar refractivity (Wildman–Crippen MR) is 61.4 cm³/mol. The van der Waals surface area contributed by atoms with Crippen LogP contribution in [0.4, 0.5) is 0 Å². The average molecular weight is 256 g/mol. The summed E-state index contributed by atoms with van der Waals surface area (Å²) in [6.07, 6.45) is 0.947. The molecule has 1 amide bonds. The topological polar surface area (TPSA) is 29.1 Å². The number of amides is 1. The van der Waals surface area contributed by atoms with Crippen molar-refractivity contribution in [2.45, 2.75) is 26.3 Å². The number of hydrogen-bond acceptors (Lipinski definition) is 1. The van der Waals surface area contributed by atoms with E-state index in [4.69, 9.17) is 0 Å². The van der Waals surface area contributed by atoms with Gasteiger partial charge in [-0.1, -0.05) is 22.9 Å². The maximum absolute atomic E-state index is 11.6. The summed E-state index contributed by atoms with van der Waals surface area (Å²) in [6.45, 7) is 4.04.